The summed E-state index contributed by atoms with van der Waals surface area (Å²) in [6, 6.07) is 0.494. The van der Waals surface area contributed by atoms with Crippen LogP contribution in [0.5, 0.6) is 0 Å². The van der Waals surface area contributed by atoms with E-state index in [-0.39, 0.29) is 6.61 Å². The van der Waals surface area contributed by atoms with Gasteiger partial charge in [-0.1, -0.05) is 11.6 Å². The van der Waals surface area contributed by atoms with Gasteiger partial charge in [-0.2, -0.15) is 4.98 Å². The molecule has 6 heteroatoms. The van der Waals surface area contributed by atoms with Crippen molar-refractivity contribution >= 4 is 23.4 Å². The summed E-state index contributed by atoms with van der Waals surface area (Å²) >= 11 is 6.24. The van der Waals surface area contributed by atoms with E-state index < -0.39 is 0 Å². The van der Waals surface area contributed by atoms with Gasteiger partial charge in [0.05, 0.1) is 6.20 Å². The van der Waals surface area contributed by atoms with Crippen molar-refractivity contribution in [1.29, 1.82) is 0 Å². The monoisotopic (exact) mass is 284 g/mol. The first-order chi connectivity index (χ1) is 9.26. The molecular weight excluding hydrogens is 264 g/mol. The fourth-order valence-corrected chi connectivity index (χ4v) is 2.40. The molecule has 1 heterocycles. The number of aliphatic hydroxyl groups excluding tert-OH is 1. The summed E-state index contributed by atoms with van der Waals surface area (Å²) in [6.45, 7) is 3.75. The molecule has 5 nitrogen and oxygen atoms in total. The molecule has 1 aliphatic carbocycles. The number of nitrogens with one attached hydrogen (secondary N) is 1. The first kappa shape index (κ1) is 14.3. The second-order valence-corrected chi connectivity index (χ2v) is 5.16. The first-order valence-electron chi connectivity index (χ1n) is 6.90. The van der Waals surface area contributed by atoms with Crippen molar-refractivity contribution in [1.82, 2.24) is 9.97 Å². The molecular formula is C13H21ClN4O. The molecule has 0 saturated heterocycles. The van der Waals surface area contributed by atoms with Crippen molar-refractivity contribution < 1.29 is 5.11 Å². The normalized spacial score (nSPS) is 15.1. The van der Waals surface area contributed by atoms with Crippen LogP contribution in [0.2, 0.25) is 5.02 Å². The molecule has 0 radical (unpaired) electrons. The standard InChI is InChI=1S/C13H21ClN4O/c1-2-15-13-16-9-11(14)12(17-13)18(7-4-8-19)10-5-3-6-10/h9-10,19H,2-8H2,1H3,(H,15,16,17). The molecule has 0 aromatic carbocycles. The molecule has 0 bridgehead atoms. The molecule has 2 rings (SSSR count). The lowest BCUT2D eigenvalue weighted by Gasteiger charge is -2.38. The summed E-state index contributed by atoms with van der Waals surface area (Å²) in [5.41, 5.74) is 0. The third-order valence-electron chi connectivity index (χ3n) is 3.41. The van der Waals surface area contributed by atoms with Gasteiger partial charge in [0.1, 0.15) is 5.02 Å². The minimum atomic E-state index is 0.186. The van der Waals surface area contributed by atoms with E-state index in [1.165, 1.54) is 19.3 Å². The van der Waals surface area contributed by atoms with Crippen LogP contribution in [-0.4, -0.2) is 40.8 Å². The lowest BCUT2D eigenvalue weighted by atomic mass is 9.91. The molecule has 0 atom stereocenters. The van der Waals surface area contributed by atoms with Gasteiger partial charge in [0.25, 0.3) is 0 Å². The van der Waals surface area contributed by atoms with Crippen molar-refractivity contribution in [2.75, 3.05) is 29.9 Å². The van der Waals surface area contributed by atoms with Gasteiger partial charge in [-0.15, -0.1) is 0 Å². The summed E-state index contributed by atoms with van der Waals surface area (Å²) < 4.78 is 0. The number of hydrogen-bond acceptors (Lipinski definition) is 5. The van der Waals surface area contributed by atoms with Gasteiger partial charge in [0.2, 0.25) is 5.95 Å². The lowest BCUT2D eigenvalue weighted by molar-refractivity contribution is 0.282. The molecule has 106 valence electrons. The largest absolute Gasteiger partial charge is 0.396 e. The number of halogens is 1. The predicted molar refractivity (Wildman–Crippen MR) is 77.9 cm³/mol. The van der Waals surface area contributed by atoms with E-state index in [0.29, 0.717) is 17.0 Å². The van der Waals surface area contributed by atoms with E-state index >= 15 is 0 Å². The van der Waals surface area contributed by atoms with E-state index in [1.54, 1.807) is 6.20 Å². The third kappa shape index (κ3) is 3.48. The number of rotatable bonds is 7. The van der Waals surface area contributed by atoms with Crippen molar-refractivity contribution in [3.05, 3.63) is 11.2 Å². The Balaban J connectivity index is 2.20. The highest BCUT2D eigenvalue weighted by molar-refractivity contribution is 6.32. The smallest absolute Gasteiger partial charge is 0.224 e. The first-order valence-corrected chi connectivity index (χ1v) is 7.28. The average molecular weight is 285 g/mol. The van der Waals surface area contributed by atoms with Gasteiger partial charge < -0.3 is 15.3 Å². The minimum absolute atomic E-state index is 0.186. The zero-order valence-corrected chi connectivity index (χ0v) is 12.0. The van der Waals surface area contributed by atoms with Crippen LogP contribution in [-0.2, 0) is 0 Å². The second-order valence-electron chi connectivity index (χ2n) is 4.75. The van der Waals surface area contributed by atoms with Crippen LogP contribution in [0.4, 0.5) is 11.8 Å². The van der Waals surface area contributed by atoms with Gasteiger partial charge in [-0.25, -0.2) is 4.98 Å². The summed E-state index contributed by atoms with van der Waals surface area (Å²) in [6.07, 6.45) is 5.97. The highest BCUT2D eigenvalue weighted by Gasteiger charge is 2.27. The van der Waals surface area contributed by atoms with Crippen LogP contribution < -0.4 is 10.2 Å². The Morgan fingerprint density at radius 3 is 2.89 bits per heavy atom. The highest BCUT2D eigenvalue weighted by Crippen LogP contribution is 2.32. The summed E-state index contributed by atoms with van der Waals surface area (Å²) in [5, 5.41) is 12.7. The topological polar surface area (TPSA) is 61.3 Å². The van der Waals surface area contributed by atoms with Crippen LogP contribution in [0.15, 0.2) is 6.20 Å². The molecule has 19 heavy (non-hydrogen) atoms. The lowest BCUT2D eigenvalue weighted by Crippen LogP contribution is -2.42. The number of hydrogen-bond donors (Lipinski definition) is 2. The van der Waals surface area contributed by atoms with E-state index in [4.69, 9.17) is 16.7 Å². The average Bonchev–Trinajstić information content (AvgIpc) is 2.35. The molecule has 1 aromatic rings. The number of aromatic nitrogens is 2. The Morgan fingerprint density at radius 1 is 1.53 bits per heavy atom. The maximum Gasteiger partial charge on any atom is 0.224 e. The Labute approximate surface area is 119 Å². The molecule has 1 saturated carbocycles. The SMILES string of the molecule is CCNc1ncc(Cl)c(N(CCCO)C2CCC2)n1. The minimum Gasteiger partial charge on any atom is -0.396 e. The molecule has 1 fully saturated rings. The van der Waals surface area contributed by atoms with Crippen molar-refractivity contribution in [2.24, 2.45) is 0 Å². The molecule has 0 spiro atoms. The van der Waals surface area contributed by atoms with Crippen LogP contribution >= 0.6 is 11.6 Å². The van der Waals surface area contributed by atoms with Gasteiger partial charge in [-0.3, -0.25) is 0 Å². The zero-order chi connectivity index (χ0) is 13.7. The van der Waals surface area contributed by atoms with Gasteiger partial charge in [0, 0.05) is 25.7 Å². The summed E-state index contributed by atoms with van der Waals surface area (Å²) in [4.78, 5) is 10.9. The Kier molecular flexibility index (Phi) is 5.22. The quantitative estimate of drug-likeness (QED) is 0.804. The van der Waals surface area contributed by atoms with Crippen LogP contribution in [0, 0.1) is 0 Å². The maximum atomic E-state index is 9.04. The molecule has 0 aliphatic heterocycles. The molecule has 1 aromatic heterocycles. The van der Waals surface area contributed by atoms with Crippen LogP contribution in [0.25, 0.3) is 0 Å². The van der Waals surface area contributed by atoms with Crippen molar-refractivity contribution in [2.45, 2.75) is 38.6 Å². The third-order valence-corrected chi connectivity index (χ3v) is 3.67. The fraction of sp³-hybridized carbons (Fsp3) is 0.692. The predicted octanol–water partition coefficient (Wildman–Crippen LogP) is 2.30. The van der Waals surface area contributed by atoms with Crippen molar-refractivity contribution in [3.63, 3.8) is 0 Å². The van der Waals surface area contributed by atoms with Gasteiger partial charge >= 0.3 is 0 Å². The van der Waals surface area contributed by atoms with Crippen molar-refractivity contribution in [3.8, 4) is 0 Å². The Morgan fingerprint density at radius 2 is 2.32 bits per heavy atom. The fourth-order valence-electron chi connectivity index (χ4n) is 2.20. The second kappa shape index (κ2) is 6.91. The van der Waals surface area contributed by atoms with Crippen LogP contribution in [0.3, 0.4) is 0 Å². The van der Waals surface area contributed by atoms with Crippen LogP contribution in [0.1, 0.15) is 32.6 Å². The number of nitrogens with zero attached hydrogens (tertiary/aromatic N) is 3. The number of anilines is 2. The van der Waals surface area contributed by atoms with Gasteiger partial charge in [-0.05, 0) is 32.6 Å². The number of aliphatic hydroxyl groups is 1. The Bertz CT molecular complexity index is 412. The summed E-state index contributed by atoms with van der Waals surface area (Å²) in [7, 11) is 0. The molecule has 1 aliphatic rings. The maximum absolute atomic E-state index is 9.04. The molecule has 0 amide bonds. The molecule has 2 N–H and O–H groups in total. The van der Waals surface area contributed by atoms with E-state index in [2.05, 4.69) is 20.2 Å². The van der Waals surface area contributed by atoms with E-state index in [9.17, 15) is 0 Å². The van der Waals surface area contributed by atoms with E-state index in [1.807, 2.05) is 6.92 Å². The highest BCUT2D eigenvalue weighted by atomic mass is 35.5. The van der Waals surface area contributed by atoms with Gasteiger partial charge in [0.15, 0.2) is 5.82 Å². The Hall–Kier alpha value is -1.07. The molecule has 0 unspecified atom stereocenters. The summed E-state index contributed by atoms with van der Waals surface area (Å²) in [5.74, 6) is 1.39. The van der Waals surface area contributed by atoms with E-state index in [0.717, 1.165) is 25.3 Å². The zero-order valence-electron chi connectivity index (χ0n) is 11.3.